The van der Waals surface area contributed by atoms with Gasteiger partial charge in [-0.3, -0.25) is 4.57 Å². The predicted molar refractivity (Wildman–Crippen MR) is 89.8 cm³/mol. The third-order valence-electron chi connectivity index (χ3n) is 5.07. The Balaban J connectivity index is 1.67. The van der Waals surface area contributed by atoms with Crippen LogP contribution >= 0.6 is 0 Å². The van der Waals surface area contributed by atoms with Crippen LogP contribution in [0.5, 0.6) is 0 Å². The molecule has 0 radical (unpaired) electrons. The molecule has 4 heterocycles. The first-order valence-electron chi connectivity index (χ1n) is 8.48. The molecular weight excluding hydrogens is 326 g/mol. The van der Waals surface area contributed by atoms with Crippen LogP contribution in [-0.2, 0) is 4.74 Å². The Morgan fingerprint density at radius 2 is 2.32 bits per heavy atom. The molecule has 4 N–H and O–H groups in total. The van der Waals surface area contributed by atoms with Crippen LogP contribution in [0.4, 0.5) is 5.82 Å². The fourth-order valence-electron chi connectivity index (χ4n) is 3.64. The normalized spacial score (nSPS) is 37.2. The Bertz CT molecular complexity index is 701. The molecule has 136 valence electrons. The maximum absolute atomic E-state index is 10.7. The van der Waals surface area contributed by atoms with Crippen LogP contribution in [0.3, 0.4) is 0 Å². The van der Waals surface area contributed by atoms with Gasteiger partial charge in [0.25, 0.3) is 0 Å². The molecule has 1 unspecified atom stereocenters. The van der Waals surface area contributed by atoms with Crippen LogP contribution < -0.4 is 5.32 Å². The lowest BCUT2D eigenvalue weighted by Crippen LogP contribution is -2.44. The van der Waals surface area contributed by atoms with Crippen molar-refractivity contribution >= 4 is 12.2 Å². The third-order valence-corrected chi connectivity index (χ3v) is 5.07. The monoisotopic (exact) mass is 349 g/mol. The smallest absolute Gasteiger partial charge is 0.169 e. The molecule has 0 bridgehead atoms. The zero-order valence-corrected chi connectivity index (χ0v) is 14.0. The maximum Gasteiger partial charge on any atom is 0.169 e. The van der Waals surface area contributed by atoms with Gasteiger partial charge in [-0.05, 0) is 26.0 Å². The fraction of sp³-hybridized carbons (Fsp3) is 0.625. The van der Waals surface area contributed by atoms with Crippen molar-refractivity contribution < 1.29 is 20.1 Å². The summed E-state index contributed by atoms with van der Waals surface area (Å²) < 4.78 is 7.34. The molecule has 0 aliphatic carbocycles. The van der Waals surface area contributed by atoms with E-state index in [1.165, 1.54) is 6.92 Å². The molecule has 1 fully saturated rings. The van der Waals surface area contributed by atoms with Crippen molar-refractivity contribution in [1.29, 1.82) is 0 Å². The Morgan fingerprint density at radius 1 is 1.48 bits per heavy atom. The summed E-state index contributed by atoms with van der Waals surface area (Å²) in [6.07, 6.45) is 6.30. The zero-order chi connectivity index (χ0) is 17.6. The summed E-state index contributed by atoms with van der Waals surface area (Å²) in [7, 11) is 0. The number of aliphatic hydroxyl groups excluding tert-OH is 2. The summed E-state index contributed by atoms with van der Waals surface area (Å²) >= 11 is 0. The van der Waals surface area contributed by atoms with E-state index in [4.69, 9.17) is 4.74 Å². The molecule has 0 spiro atoms. The molecule has 5 atom stereocenters. The molecule has 1 saturated heterocycles. The first-order chi connectivity index (χ1) is 12.0. The van der Waals surface area contributed by atoms with Crippen molar-refractivity contribution in [3.63, 3.8) is 0 Å². The molecule has 25 heavy (non-hydrogen) atoms. The van der Waals surface area contributed by atoms with Crippen molar-refractivity contribution in [2.75, 3.05) is 18.5 Å². The molecule has 3 aliphatic rings. The molecule has 0 saturated carbocycles. The molecular formula is C16H23N5O4. The number of aliphatic hydroxyl groups is 3. The van der Waals surface area contributed by atoms with E-state index in [1.54, 1.807) is 17.2 Å². The molecule has 9 heteroatoms. The second kappa shape index (κ2) is 6.10. The van der Waals surface area contributed by atoms with E-state index in [-0.39, 0.29) is 12.8 Å². The highest BCUT2D eigenvalue weighted by Gasteiger charge is 2.53. The minimum absolute atomic E-state index is 0.237. The predicted octanol–water partition coefficient (Wildman–Crippen LogP) is -0.0534. The number of aromatic nitrogens is 2. The average Bonchev–Trinajstić information content (AvgIpc) is 3.15. The van der Waals surface area contributed by atoms with Gasteiger partial charge in [0.05, 0.1) is 19.3 Å². The van der Waals surface area contributed by atoms with Crippen LogP contribution in [0.2, 0.25) is 0 Å². The number of rotatable bonds is 3. The Labute approximate surface area is 145 Å². The highest BCUT2D eigenvalue weighted by atomic mass is 16.6. The molecule has 9 nitrogen and oxygen atoms in total. The number of aliphatic imine (C=N–C) groups is 1. The topological polar surface area (TPSA) is 115 Å². The number of ether oxygens (including phenoxy) is 1. The SMILES string of the molecule is C[C@@]1(O)[C@H](O)[C@@H](CO)O[C@H]1n1cnc2c1NC=NC2N1C=CCCC1. The summed E-state index contributed by atoms with van der Waals surface area (Å²) in [5.41, 5.74) is -0.825. The number of hydrogen-bond donors (Lipinski definition) is 4. The maximum atomic E-state index is 10.7. The van der Waals surface area contributed by atoms with E-state index >= 15 is 0 Å². The first kappa shape index (κ1) is 16.5. The van der Waals surface area contributed by atoms with Crippen molar-refractivity contribution in [3.8, 4) is 0 Å². The van der Waals surface area contributed by atoms with E-state index in [0.29, 0.717) is 5.82 Å². The van der Waals surface area contributed by atoms with Gasteiger partial charge in [0.15, 0.2) is 12.4 Å². The van der Waals surface area contributed by atoms with Gasteiger partial charge in [-0.1, -0.05) is 6.08 Å². The number of imidazole rings is 1. The second-order valence-corrected chi connectivity index (χ2v) is 6.83. The minimum Gasteiger partial charge on any atom is -0.394 e. The highest BCUT2D eigenvalue weighted by molar-refractivity contribution is 5.78. The van der Waals surface area contributed by atoms with Crippen molar-refractivity contribution in [2.45, 2.75) is 50.0 Å². The second-order valence-electron chi connectivity index (χ2n) is 6.83. The van der Waals surface area contributed by atoms with Crippen LogP contribution in [0.1, 0.15) is 37.9 Å². The van der Waals surface area contributed by atoms with E-state index in [1.807, 2.05) is 6.20 Å². The van der Waals surface area contributed by atoms with E-state index in [2.05, 4.69) is 26.3 Å². The van der Waals surface area contributed by atoms with E-state index in [9.17, 15) is 15.3 Å². The van der Waals surface area contributed by atoms with E-state index in [0.717, 1.165) is 25.1 Å². The van der Waals surface area contributed by atoms with Gasteiger partial charge in [0.2, 0.25) is 0 Å². The molecule has 4 rings (SSSR count). The van der Waals surface area contributed by atoms with E-state index < -0.39 is 24.0 Å². The van der Waals surface area contributed by atoms with Crippen LogP contribution in [0, 0.1) is 0 Å². The quantitative estimate of drug-likeness (QED) is 0.604. The molecule has 3 aliphatic heterocycles. The van der Waals surface area contributed by atoms with Gasteiger partial charge < -0.3 is 30.3 Å². The lowest BCUT2D eigenvalue weighted by Gasteiger charge is -2.32. The van der Waals surface area contributed by atoms with Crippen molar-refractivity contribution in [3.05, 3.63) is 24.3 Å². The van der Waals surface area contributed by atoms with Gasteiger partial charge in [0.1, 0.15) is 29.3 Å². The standard InChI is InChI=1S/C16H23N5O4/c1-16(24)12(23)10(7-22)25-15(16)21-9-19-11-13(17-8-18-14(11)21)20-5-3-2-4-6-20/h3,5,8-10,12-13,15,22-24H,2,4,6-7H2,1H3,(H,17,18)/t10-,12-,13?,15-,16-/m1/s1. The number of hydrogen-bond acceptors (Lipinski definition) is 8. The summed E-state index contributed by atoms with van der Waals surface area (Å²) in [5.74, 6) is 0.662. The lowest BCUT2D eigenvalue weighted by molar-refractivity contribution is -0.0957. The lowest BCUT2D eigenvalue weighted by atomic mass is 9.96. The number of fused-ring (bicyclic) bond motifs is 1. The minimum atomic E-state index is -1.56. The fourth-order valence-corrected chi connectivity index (χ4v) is 3.64. The van der Waals surface area contributed by atoms with Crippen LogP contribution in [0.25, 0.3) is 0 Å². The zero-order valence-electron chi connectivity index (χ0n) is 14.0. The summed E-state index contributed by atoms with van der Waals surface area (Å²) in [6.45, 7) is 2.01. The Kier molecular flexibility index (Phi) is 4.03. The number of nitrogens with one attached hydrogen (secondary N) is 1. The van der Waals surface area contributed by atoms with Gasteiger partial charge in [0, 0.05) is 6.54 Å². The van der Waals surface area contributed by atoms with Gasteiger partial charge in [-0.25, -0.2) is 9.98 Å². The number of anilines is 1. The van der Waals surface area contributed by atoms with Gasteiger partial charge in [-0.2, -0.15) is 0 Å². The molecule has 1 aromatic heterocycles. The molecule has 0 aromatic carbocycles. The number of allylic oxidation sites excluding steroid dienone is 1. The average molecular weight is 349 g/mol. The largest absolute Gasteiger partial charge is 0.394 e. The number of nitrogens with zero attached hydrogens (tertiary/aromatic N) is 4. The summed E-state index contributed by atoms with van der Waals surface area (Å²) in [4.78, 5) is 11.1. The van der Waals surface area contributed by atoms with Crippen molar-refractivity contribution in [1.82, 2.24) is 14.5 Å². The van der Waals surface area contributed by atoms with Gasteiger partial charge in [-0.15, -0.1) is 0 Å². The molecule has 1 aromatic rings. The van der Waals surface area contributed by atoms with Crippen LogP contribution in [0.15, 0.2) is 23.6 Å². The Hall–Kier alpha value is -1.94. The summed E-state index contributed by atoms with van der Waals surface area (Å²) in [5, 5.41) is 33.3. The third kappa shape index (κ3) is 2.54. The van der Waals surface area contributed by atoms with Gasteiger partial charge >= 0.3 is 0 Å². The first-order valence-corrected chi connectivity index (χ1v) is 8.48. The van der Waals surface area contributed by atoms with Crippen LogP contribution in [-0.4, -0.2) is 67.1 Å². The van der Waals surface area contributed by atoms with Crippen molar-refractivity contribution in [2.24, 2.45) is 4.99 Å². The Morgan fingerprint density at radius 3 is 3.00 bits per heavy atom. The molecule has 0 amide bonds. The summed E-state index contributed by atoms with van der Waals surface area (Å²) in [6, 6.07) is 0. The highest BCUT2D eigenvalue weighted by Crippen LogP contribution is 2.42.